The van der Waals surface area contributed by atoms with Gasteiger partial charge in [-0.1, -0.05) is 27.5 Å². The van der Waals surface area contributed by atoms with E-state index in [1.807, 2.05) is 0 Å². The fourth-order valence-electron chi connectivity index (χ4n) is 1.11. The number of ether oxygens (including phenoxy) is 1. The quantitative estimate of drug-likeness (QED) is 0.899. The lowest BCUT2D eigenvalue weighted by Gasteiger charge is -2.20. The Morgan fingerprint density at radius 3 is 2.56 bits per heavy atom. The summed E-state index contributed by atoms with van der Waals surface area (Å²) in [6.07, 6.45) is -8.40. The van der Waals surface area contributed by atoms with Gasteiger partial charge < -0.3 is 9.84 Å². The van der Waals surface area contributed by atoms with Crippen LogP contribution in [0.5, 0.6) is 5.75 Å². The molecule has 0 aliphatic carbocycles. The van der Waals surface area contributed by atoms with Crippen molar-refractivity contribution in [2.75, 3.05) is 0 Å². The van der Waals surface area contributed by atoms with E-state index in [9.17, 15) is 18.0 Å². The van der Waals surface area contributed by atoms with E-state index in [0.29, 0.717) is 4.47 Å². The Bertz CT molecular complexity index is 450. The van der Waals surface area contributed by atoms with Crippen molar-refractivity contribution in [1.29, 1.82) is 0 Å². The SMILES string of the molecule is O=C(O)CC(Oc1ccc(Br)cc1Cl)C(F)(F)F. The molecule has 1 N–H and O–H groups in total. The number of rotatable bonds is 4. The minimum Gasteiger partial charge on any atom is -0.481 e. The Hall–Kier alpha value is -0.950. The summed E-state index contributed by atoms with van der Waals surface area (Å²) in [7, 11) is 0. The second kappa shape index (κ2) is 5.79. The highest BCUT2D eigenvalue weighted by molar-refractivity contribution is 9.10. The lowest BCUT2D eigenvalue weighted by Crippen LogP contribution is -2.36. The third-order valence-electron chi connectivity index (χ3n) is 1.89. The first-order chi connectivity index (χ1) is 8.20. The van der Waals surface area contributed by atoms with E-state index in [4.69, 9.17) is 16.7 Å². The Labute approximate surface area is 114 Å². The van der Waals surface area contributed by atoms with Gasteiger partial charge in [0, 0.05) is 4.47 Å². The number of aliphatic carboxylic acids is 1. The fourth-order valence-corrected chi connectivity index (χ4v) is 1.82. The molecule has 0 aromatic heterocycles. The van der Waals surface area contributed by atoms with Crippen molar-refractivity contribution in [3.05, 3.63) is 27.7 Å². The van der Waals surface area contributed by atoms with Crippen LogP contribution >= 0.6 is 27.5 Å². The molecule has 1 aromatic rings. The first kappa shape index (κ1) is 15.1. The Morgan fingerprint density at radius 2 is 2.11 bits per heavy atom. The molecule has 1 aromatic carbocycles. The normalized spacial score (nSPS) is 13.2. The Balaban J connectivity index is 2.92. The van der Waals surface area contributed by atoms with Crippen molar-refractivity contribution in [1.82, 2.24) is 0 Å². The molecular formula is C10H7BrClF3O3. The highest BCUT2D eigenvalue weighted by atomic mass is 79.9. The van der Waals surface area contributed by atoms with Gasteiger partial charge in [-0.2, -0.15) is 13.2 Å². The summed E-state index contributed by atoms with van der Waals surface area (Å²) in [6.45, 7) is 0. The molecule has 18 heavy (non-hydrogen) atoms. The highest BCUT2D eigenvalue weighted by Crippen LogP contribution is 2.33. The molecule has 0 amide bonds. The maximum Gasteiger partial charge on any atom is 0.426 e. The number of hydrogen-bond acceptors (Lipinski definition) is 2. The van der Waals surface area contributed by atoms with Crippen LogP contribution in [0, 0.1) is 0 Å². The molecular weight excluding hydrogens is 340 g/mol. The van der Waals surface area contributed by atoms with Gasteiger partial charge in [0.05, 0.1) is 11.4 Å². The topological polar surface area (TPSA) is 46.5 Å². The van der Waals surface area contributed by atoms with Crippen molar-refractivity contribution in [3.8, 4) is 5.75 Å². The smallest absolute Gasteiger partial charge is 0.426 e. The van der Waals surface area contributed by atoms with Gasteiger partial charge in [0.1, 0.15) is 5.75 Å². The fraction of sp³-hybridized carbons (Fsp3) is 0.300. The zero-order chi connectivity index (χ0) is 13.9. The molecule has 0 aliphatic heterocycles. The Morgan fingerprint density at radius 1 is 1.50 bits per heavy atom. The standard InChI is InChI=1S/C10H7BrClF3O3/c11-5-1-2-7(6(12)3-5)18-8(4-9(16)17)10(13,14)15/h1-3,8H,4H2,(H,16,17). The van der Waals surface area contributed by atoms with E-state index >= 15 is 0 Å². The predicted molar refractivity (Wildman–Crippen MR) is 61.9 cm³/mol. The molecule has 8 heteroatoms. The van der Waals surface area contributed by atoms with E-state index in [0.717, 1.165) is 0 Å². The molecule has 1 rings (SSSR count). The minimum absolute atomic E-state index is 0.0380. The van der Waals surface area contributed by atoms with Crippen LogP contribution in [0.1, 0.15) is 6.42 Å². The van der Waals surface area contributed by atoms with Crippen LogP contribution < -0.4 is 4.74 Å². The maximum absolute atomic E-state index is 12.5. The number of alkyl halides is 3. The third kappa shape index (κ3) is 4.38. The molecule has 3 nitrogen and oxygen atoms in total. The number of hydrogen-bond donors (Lipinski definition) is 1. The van der Waals surface area contributed by atoms with E-state index in [1.165, 1.54) is 18.2 Å². The van der Waals surface area contributed by atoms with Gasteiger partial charge in [-0.15, -0.1) is 0 Å². The summed E-state index contributed by atoms with van der Waals surface area (Å²) in [6, 6.07) is 4.02. The van der Waals surface area contributed by atoms with Crippen LogP contribution in [0.3, 0.4) is 0 Å². The lowest BCUT2D eigenvalue weighted by molar-refractivity contribution is -0.200. The molecule has 0 saturated carbocycles. The molecule has 1 unspecified atom stereocenters. The summed E-state index contributed by atoms with van der Waals surface area (Å²) < 4.78 is 42.8. The number of benzene rings is 1. The van der Waals surface area contributed by atoms with Crippen molar-refractivity contribution in [2.45, 2.75) is 18.7 Å². The summed E-state index contributed by atoms with van der Waals surface area (Å²) in [5, 5.41) is 8.38. The molecule has 0 radical (unpaired) electrons. The van der Waals surface area contributed by atoms with Gasteiger partial charge in [-0.05, 0) is 18.2 Å². The van der Waals surface area contributed by atoms with E-state index in [2.05, 4.69) is 20.7 Å². The molecule has 0 heterocycles. The van der Waals surface area contributed by atoms with Gasteiger partial charge in [-0.3, -0.25) is 4.79 Å². The van der Waals surface area contributed by atoms with E-state index in [-0.39, 0.29) is 10.8 Å². The summed E-state index contributed by atoms with van der Waals surface area (Å²) in [4.78, 5) is 10.4. The average molecular weight is 348 g/mol. The maximum atomic E-state index is 12.5. The molecule has 1 atom stereocenters. The molecule has 0 fully saturated rings. The number of halogens is 5. The number of carbonyl (C=O) groups is 1. The van der Waals surface area contributed by atoms with E-state index < -0.39 is 24.7 Å². The summed E-state index contributed by atoms with van der Waals surface area (Å²) in [5.41, 5.74) is 0. The first-order valence-corrected chi connectivity index (χ1v) is 5.77. The molecule has 0 bridgehead atoms. The van der Waals surface area contributed by atoms with E-state index in [1.54, 1.807) is 0 Å². The van der Waals surface area contributed by atoms with Gasteiger partial charge in [0.15, 0.2) is 0 Å². The van der Waals surface area contributed by atoms with Gasteiger partial charge in [0.25, 0.3) is 0 Å². The zero-order valence-corrected chi connectivity index (χ0v) is 11.0. The number of carboxylic acids is 1. The van der Waals surface area contributed by atoms with Crippen molar-refractivity contribution in [3.63, 3.8) is 0 Å². The van der Waals surface area contributed by atoms with Crippen LogP contribution in [0.4, 0.5) is 13.2 Å². The summed E-state index contributed by atoms with van der Waals surface area (Å²) >= 11 is 8.78. The molecule has 0 spiro atoms. The second-order valence-corrected chi connectivity index (χ2v) is 4.64. The zero-order valence-electron chi connectivity index (χ0n) is 8.67. The molecule has 100 valence electrons. The second-order valence-electron chi connectivity index (χ2n) is 3.32. The predicted octanol–water partition coefficient (Wildman–Crippen LogP) is 3.89. The largest absolute Gasteiger partial charge is 0.481 e. The number of carboxylic acid groups (broad SMARTS) is 1. The average Bonchev–Trinajstić information content (AvgIpc) is 2.18. The monoisotopic (exact) mass is 346 g/mol. The molecule has 0 aliphatic rings. The van der Waals surface area contributed by atoms with Crippen molar-refractivity contribution in [2.24, 2.45) is 0 Å². The van der Waals surface area contributed by atoms with Crippen molar-refractivity contribution < 1.29 is 27.8 Å². The molecule has 0 saturated heterocycles. The van der Waals surface area contributed by atoms with Crippen LogP contribution in [-0.4, -0.2) is 23.4 Å². The van der Waals surface area contributed by atoms with Crippen LogP contribution in [0.15, 0.2) is 22.7 Å². The van der Waals surface area contributed by atoms with Crippen LogP contribution in [-0.2, 0) is 4.79 Å². The van der Waals surface area contributed by atoms with Gasteiger partial charge in [0.2, 0.25) is 6.10 Å². The summed E-state index contributed by atoms with van der Waals surface area (Å²) in [5.74, 6) is -1.82. The third-order valence-corrected chi connectivity index (χ3v) is 2.68. The minimum atomic E-state index is -4.78. The van der Waals surface area contributed by atoms with Crippen LogP contribution in [0.2, 0.25) is 5.02 Å². The lowest BCUT2D eigenvalue weighted by atomic mass is 10.2. The van der Waals surface area contributed by atoms with Crippen LogP contribution in [0.25, 0.3) is 0 Å². The van der Waals surface area contributed by atoms with Gasteiger partial charge >= 0.3 is 12.1 Å². The Kier molecular flexibility index (Phi) is 4.86. The van der Waals surface area contributed by atoms with Crippen molar-refractivity contribution >= 4 is 33.5 Å². The highest BCUT2D eigenvalue weighted by Gasteiger charge is 2.43. The first-order valence-electron chi connectivity index (χ1n) is 4.60. The van der Waals surface area contributed by atoms with Gasteiger partial charge in [-0.25, -0.2) is 0 Å².